The van der Waals surface area contributed by atoms with Gasteiger partial charge in [0.05, 0.1) is 17.4 Å². The third-order valence-corrected chi connectivity index (χ3v) is 7.53. The van der Waals surface area contributed by atoms with Gasteiger partial charge < -0.3 is 14.8 Å². The molecular weight excluding hydrogens is 402 g/mol. The van der Waals surface area contributed by atoms with Crippen molar-refractivity contribution in [2.45, 2.75) is 17.9 Å². The van der Waals surface area contributed by atoms with Crippen LogP contribution in [0.5, 0.6) is 11.5 Å². The Morgan fingerprint density at radius 3 is 2.59 bits per heavy atom. The Morgan fingerprint density at radius 1 is 1.22 bits per heavy atom. The van der Waals surface area contributed by atoms with Crippen LogP contribution in [0.15, 0.2) is 36.4 Å². The van der Waals surface area contributed by atoms with Crippen molar-refractivity contribution in [3.05, 3.63) is 52.5 Å². The summed E-state index contributed by atoms with van der Waals surface area (Å²) in [7, 11) is 1.54. The average molecular weight is 424 g/mol. The van der Waals surface area contributed by atoms with E-state index in [1.165, 1.54) is 30.6 Å². The predicted molar refractivity (Wildman–Crippen MR) is 116 cm³/mol. The first-order valence-electron chi connectivity index (χ1n) is 8.67. The van der Waals surface area contributed by atoms with Gasteiger partial charge in [0, 0.05) is 11.1 Å². The van der Waals surface area contributed by atoms with Gasteiger partial charge in [0.2, 0.25) is 0 Å². The van der Waals surface area contributed by atoms with Crippen LogP contribution < -0.4 is 14.8 Å². The van der Waals surface area contributed by atoms with Crippen molar-refractivity contribution in [3.8, 4) is 11.5 Å². The highest BCUT2D eigenvalue weighted by molar-refractivity contribution is 8.16. The van der Waals surface area contributed by atoms with Crippen molar-refractivity contribution in [2.24, 2.45) is 0 Å². The molecule has 2 aromatic carbocycles. The Balaban J connectivity index is 1.55. The Kier molecular flexibility index (Phi) is 7.21. The smallest absolute Gasteiger partial charge is 0.262 e. The van der Waals surface area contributed by atoms with Gasteiger partial charge in [-0.2, -0.15) is 0 Å². The Bertz CT molecular complexity index is 793. The minimum atomic E-state index is -0.252. The van der Waals surface area contributed by atoms with Gasteiger partial charge in [0.1, 0.15) is 11.5 Å². The summed E-state index contributed by atoms with van der Waals surface area (Å²) < 4.78 is 11.4. The molecule has 1 aliphatic heterocycles. The largest absolute Gasteiger partial charge is 0.495 e. The second-order valence-corrected chi connectivity index (χ2v) is 9.27. The molecule has 144 valence electrons. The van der Waals surface area contributed by atoms with Crippen LogP contribution in [0.4, 0.5) is 5.69 Å². The molecule has 0 aromatic heterocycles. The summed E-state index contributed by atoms with van der Waals surface area (Å²) >= 11 is 10.1. The SMILES string of the molecule is COc1cc(Cl)c(C)cc1NC(=O)COc1ccc(C2SCCCS2)cc1. The Labute approximate surface area is 173 Å². The van der Waals surface area contributed by atoms with E-state index in [1.807, 2.05) is 42.6 Å². The van der Waals surface area contributed by atoms with Gasteiger partial charge in [-0.05, 0) is 54.2 Å². The molecule has 1 saturated heterocycles. The molecule has 0 radical (unpaired) electrons. The fourth-order valence-electron chi connectivity index (χ4n) is 2.67. The number of hydrogen-bond donors (Lipinski definition) is 1. The summed E-state index contributed by atoms with van der Waals surface area (Å²) in [5.74, 6) is 3.37. The van der Waals surface area contributed by atoms with E-state index in [2.05, 4.69) is 17.4 Å². The molecule has 1 fully saturated rings. The maximum Gasteiger partial charge on any atom is 0.262 e. The number of rotatable bonds is 6. The number of ether oxygens (including phenoxy) is 2. The maximum atomic E-state index is 12.2. The summed E-state index contributed by atoms with van der Waals surface area (Å²) in [6.07, 6.45) is 1.28. The zero-order valence-electron chi connectivity index (χ0n) is 15.3. The first kappa shape index (κ1) is 20.2. The van der Waals surface area contributed by atoms with Gasteiger partial charge in [0.15, 0.2) is 6.61 Å². The fraction of sp³-hybridized carbons (Fsp3) is 0.350. The van der Waals surface area contributed by atoms with Gasteiger partial charge in [0.25, 0.3) is 5.91 Å². The molecule has 0 saturated carbocycles. The molecule has 0 aliphatic carbocycles. The average Bonchev–Trinajstić information content (AvgIpc) is 2.70. The first-order chi connectivity index (χ1) is 13.1. The van der Waals surface area contributed by atoms with Crippen molar-refractivity contribution in [3.63, 3.8) is 0 Å². The molecule has 0 atom stereocenters. The van der Waals surface area contributed by atoms with Crippen LogP contribution >= 0.6 is 35.1 Å². The van der Waals surface area contributed by atoms with Crippen LogP contribution in [0.1, 0.15) is 22.1 Å². The number of thioether (sulfide) groups is 2. The highest BCUT2D eigenvalue weighted by atomic mass is 35.5. The third-order valence-electron chi connectivity index (χ3n) is 4.10. The van der Waals surface area contributed by atoms with Crippen molar-refractivity contribution in [2.75, 3.05) is 30.5 Å². The fourth-order valence-corrected chi connectivity index (χ4v) is 5.71. The van der Waals surface area contributed by atoms with E-state index in [9.17, 15) is 4.79 Å². The van der Waals surface area contributed by atoms with Crippen LogP contribution in [-0.4, -0.2) is 31.1 Å². The molecule has 1 amide bonds. The molecule has 0 unspecified atom stereocenters. The van der Waals surface area contributed by atoms with Crippen molar-refractivity contribution < 1.29 is 14.3 Å². The summed E-state index contributed by atoms with van der Waals surface area (Å²) in [5, 5.41) is 3.40. The quantitative estimate of drug-likeness (QED) is 0.660. The summed E-state index contributed by atoms with van der Waals surface area (Å²) in [4.78, 5) is 12.2. The number of carbonyl (C=O) groups is 1. The number of hydrogen-bond acceptors (Lipinski definition) is 5. The zero-order valence-corrected chi connectivity index (χ0v) is 17.7. The molecule has 4 nitrogen and oxygen atoms in total. The van der Waals surface area contributed by atoms with Crippen molar-refractivity contribution in [1.29, 1.82) is 0 Å². The van der Waals surface area contributed by atoms with E-state index < -0.39 is 0 Å². The lowest BCUT2D eigenvalue weighted by atomic mass is 10.2. The monoisotopic (exact) mass is 423 g/mol. The molecule has 2 aromatic rings. The minimum Gasteiger partial charge on any atom is -0.495 e. The lowest BCUT2D eigenvalue weighted by molar-refractivity contribution is -0.118. The summed E-state index contributed by atoms with van der Waals surface area (Å²) in [5.41, 5.74) is 2.74. The molecule has 1 aliphatic rings. The lowest BCUT2D eigenvalue weighted by Crippen LogP contribution is -2.20. The molecular formula is C20H22ClNO3S2. The van der Waals surface area contributed by atoms with Gasteiger partial charge in [-0.3, -0.25) is 4.79 Å². The molecule has 0 spiro atoms. The highest BCUT2D eigenvalue weighted by Gasteiger charge is 2.16. The number of carbonyl (C=O) groups excluding carboxylic acids is 1. The first-order valence-corrected chi connectivity index (χ1v) is 11.1. The topological polar surface area (TPSA) is 47.6 Å². The van der Waals surface area contributed by atoms with E-state index >= 15 is 0 Å². The van der Waals surface area contributed by atoms with Crippen LogP contribution in [0.3, 0.4) is 0 Å². The Morgan fingerprint density at radius 2 is 1.93 bits per heavy atom. The van der Waals surface area contributed by atoms with E-state index in [-0.39, 0.29) is 12.5 Å². The van der Waals surface area contributed by atoms with Gasteiger partial charge in [-0.25, -0.2) is 0 Å². The van der Waals surface area contributed by atoms with Crippen LogP contribution in [0.2, 0.25) is 5.02 Å². The second kappa shape index (κ2) is 9.62. The number of methoxy groups -OCH3 is 1. The van der Waals surface area contributed by atoms with Crippen molar-refractivity contribution >= 4 is 46.7 Å². The number of aryl methyl sites for hydroxylation is 1. The lowest BCUT2D eigenvalue weighted by Gasteiger charge is -2.21. The molecule has 3 rings (SSSR count). The molecule has 27 heavy (non-hydrogen) atoms. The van der Waals surface area contributed by atoms with Gasteiger partial charge in [-0.15, -0.1) is 23.5 Å². The van der Waals surface area contributed by atoms with Crippen LogP contribution in [0, 0.1) is 6.92 Å². The van der Waals surface area contributed by atoms with E-state index in [0.717, 1.165) is 5.56 Å². The van der Waals surface area contributed by atoms with Gasteiger partial charge in [-0.1, -0.05) is 23.7 Å². The van der Waals surface area contributed by atoms with E-state index in [4.69, 9.17) is 21.1 Å². The number of halogens is 1. The molecule has 1 heterocycles. The number of amides is 1. The van der Waals surface area contributed by atoms with Gasteiger partial charge >= 0.3 is 0 Å². The molecule has 1 N–H and O–H groups in total. The maximum absolute atomic E-state index is 12.2. The Hall–Kier alpha value is -1.50. The number of nitrogens with one attached hydrogen (secondary N) is 1. The third kappa shape index (κ3) is 5.50. The predicted octanol–water partition coefficient (Wildman–Crippen LogP) is 5.54. The molecule has 7 heteroatoms. The second-order valence-electron chi connectivity index (χ2n) is 6.13. The number of benzene rings is 2. The summed E-state index contributed by atoms with van der Waals surface area (Å²) in [6, 6.07) is 11.5. The minimum absolute atomic E-state index is 0.0723. The zero-order chi connectivity index (χ0) is 19.2. The van der Waals surface area contributed by atoms with Crippen LogP contribution in [0.25, 0.3) is 0 Å². The molecule has 0 bridgehead atoms. The normalized spacial score (nSPS) is 14.6. The number of anilines is 1. The van der Waals surface area contributed by atoms with E-state index in [1.54, 1.807) is 12.1 Å². The van der Waals surface area contributed by atoms with Crippen LogP contribution in [-0.2, 0) is 4.79 Å². The standard InChI is InChI=1S/C20H22ClNO3S2/c1-13-10-17(18(24-2)11-16(13)21)22-19(23)12-25-15-6-4-14(5-7-15)20-26-8-3-9-27-20/h4-7,10-11,20H,3,8-9,12H2,1-2H3,(H,22,23). The van der Waals surface area contributed by atoms with E-state index in [0.29, 0.717) is 26.8 Å². The highest BCUT2D eigenvalue weighted by Crippen LogP contribution is 2.43. The summed E-state index contributed by atoms with van der Waals surface area (Å²) in [6.45, 7) is 1.80. The van der Waals surface area contributed by atoms with Crippen molar-refractivity contribution in [1.82, 2.24) is 0 Å².